The summed E-state index contributed by atoms with van der Waals surface area (Å²) in [5, 5.41) is 1.31. The highest BCUT2D eigenvalue weighted by Gasteiger charge is 2.19. The number of allylic oxidation sites excluding steroid dienone is 5. The van der Waals surface area contributed by atoms with Crippen LogP contribution in [0.25, 0.3) is 23.1 Å². The lowest BCUT2D eigenvalue weighted by molar-refractivity contribution is 0.568. The average molecular weight is 850 g/mol. The molecule has 3 aromatic carbocycles. The molecule has 330 valence electrons. The molecule has 3 aliphatic heterocycles. The van der Waals surface area contributed by atoms with E-state index in [4.69, 9.17) is 0 Å². The first-order valence-electron chi connectivity index (χ1n) is 22.7. The summed E-state index contributed by atoms with van der Waals surface area (Å²) < 4.78 is 8.45. The summed E-state index contributed by atoms with van der Waals surface area (Å²) in [5.41, 5.74) is 14.2. The smallest absolute Gasteiger partial charge is 0.0477 e. The van der Waals surface area contributed by atoms with Gasteiger partial charge in [0.1, 0.15) is 0 Å². The largest absolute Gasteiger partial charge is 0.374 e. The van der Waals surface area contributed by atoms with E-state index in [1.165, 1.54) is 94.0 Å². The predicted octanol–water partition coefficient (Wildman–Crippen LogP) is 11.7. The molecule has 13 rings (SSSR count). The number of hydrogen-bond donors (Lipinski definition) is 0. The number of para-hydroxylation sites is 3. The monoisotopic (exact) mass is 850 g/mol. The number of likely N-dealkylation sites (N-methyl/N-ethyl adjacent to an activating group) is 1. The van der Waals surface area contributed by atoms with Crippen molar-refractivity contribution in [3.8, 4) is 0 Å². The summed E-state index contributed by atoms with van der Waals surface area (Å²) in [6.07, 6.45) is 35.8. The van der Waals surface area contributed by atoms with Gasteiger partial charge in [-0.2, -0.15) is 0 Å². The number of benzene rings is 3. The van der Waals surface area contributed by atoms with Crippen molar-refractivity contribution in [2.75, 3.05) is 44.0 Å². The second-order valence-corrected chi connectivity index (χ2v) is 17.1. The second kappa shape index (κ2) is 22.0. The first-order chi connectivity index (χ1) is 31.2. The van der Waals surface area contributed by atoms with Crippen LogP contribution >= 0.6 is 0 Å². The van der Waals surface area contributed by atoms with E-state index in [1.54, 1.807) is 0 Å². The van der Waals surface area contributed by atoms with Crippen LogP contribution in [0.2, 0.25) is 0 Å². The lowest BCUT2D eigenvalue weighted by Crippen LogP contribution is -2.24. The second-order valence-electron chi connectivity index (χ2n) is 17.1. The van der Waals surface area contributed by atoms with Crippen LogP contribution in [0.5, 0.6) is 0 Å². The molecule has 0 fully saturated rings. The van der Waals surface area contributed by atoms with Crippen molar-refractivity contribution in [1.29, 1.82) is 0 Å². The number of aromatic nitrogens is 4. The van der Waals surface area contributed by atoms with Gasteiger partial charge < -0.3 is 33.0 Å². The van der Waals surface area contributed by atoms with Gasteiger partial charge >= 0.3 is 0 Å². The number of hydrogen-bond acceptors (Lipinski definition) is 3. The quantitative estimate of drug-likeness (QED) is 0.152. The van der Waals surface area contributed by atoms with Crippen molar-refractivity contribution in [2.24, 2.45) is 34.1 Å². The molecule has 1 unspecified atom stereocenters. The van der Waals surface area contributed by atoms with Gasteiger partial charge in [0.15, 0.2) is 0 Å². The van der Waals surface area contributed by atoms with Gasteiger partial charge in [-0.3, -0.25) is 0 Å². The van der Waals surface area contributed by atoms with E-state index in [0.29, 0.717) is 5.92 Å². The van der Waals surface area contributed by atoms with Crippen molar-refractivity contribution < 1.29 is 0 Å². The Morgan fingerprint density at radius 1 is 0.516 bits per heavy atom. The summed E-state index contributed by atoms with van der Waals surface area (Å²) in [4.78, 5) is 6.79. The van der Waals surface area contributed by atoms with Gasteiger partial charge in [0.05, 0.1) is 0 Å². The Bertz CT molecular complexity index is 2710. The van der Waals surface area contributed by atoms with Crippen LogP contribution in [0.3, 0.4) is 0 Å². The molecule has 0 amide bonds. The fourth-order valence-electron chi connectivity index (χ4n) is 8.76. The van der Waals surface area contributed by atoms with Crippen molar-refractivity contribution in [3.63, 3.8) is 0 Å². The lowest BCUT2D eigenvalue weighted by atomic mass is 10.0. The molecule has 7 heteroatoms. The first kappa shape index (κ1) is 45.2. The molecule has 7 aromatic rings. The number of anilines is 2. The summed E-state index contributed by atoms with van der Waals surface area (Å²) in [5.74, 6) is 0.579. The average Bonchev–Trinajstić information content (AvgIpc) is 4.16. The Kier molecular flexibility index (Phi) is 15.5. The zero-order chi connectivity index (χ0) is 44.8. The van der Waals surface area contributed by atoms with Crippen LogP contribution in [0, 0.1) is 5.92 Å². The SMILES string of the molecule is CN1C=CC2C=CC=C21.CN1CCCc2ccccc21.CN1CCc2ccccc21.Cn1ccc2c1C=CC2.Cn1ccc2c1CC=C2.Cn1ccc2ccccc21.Cn1cccc1. The van der Waals surface area contributed by atoms with E-state index in [2.05, 4.69) is 235 Å². The molecule has 0 radical (unpaired) electrons. The van der Waals surface area contributed by atoms with Gasteiger partial charge in [-0.05, 0) is 114 Å². The molecular weight excluding hydrogens is 783 g/mol. The molecule has 4 aromatic heterocycles. The highest BCUT2D eigenvalue weighted by atomic mass is 15.1. The number of nitrogens with zero attached hydrogens (tertiary/aromatic N) is 7. The zero-order valence-electron chi connectivity index (χ0n) is 39.1. The van der Waals surface area contributed by atoms with Gasteiger partial charge in [-0.1, -0.05) is 91.1 Å². The van der Waals surface area contributed by atoms with E-state index < -0.39 is 0 Å². The third-order valence-electron chi connectivity index (χ3n) is 12.5. The van der Waals surface area contributed by atoms with E-state index in [-0.39, 0.29) is 0 Å². The van der Waals surface area contributed by atoms with Crippen LogP contribution in [0.15, 0.2) is 182 Å². The molecule has 0 bridgehead atoms. The minimum absolute atomic E-state index is 0.579. The van der Waals surface area contributed by atoms with Crippen LogP contribution < -0.4 is 9.80 Å². The van der Waals surface area contributed by atoms with Crippen LogP contribution in [-0.4, -0.2) is 57.4 Å². The Morgan fingerprint density at radius 2 is 1.17 bits per heavy atom. The van der Waals surface area contributed by atoms with E-state index in [9.17, 15) is 0 Å². The molecule has 0 spiro atoms. The molecule has 64 heavy (non-hydrogen) atoms. The first-order valence-corrected chi connectivity index (χ1v) is 22.7. The molecule has 7 heterocycles. The molecule has 3 aliphatic carbocycles. The topological polar surface area (TPSA) is 29.4 Å². The van der Waals surface area contributed by atoms with Gasteiger partial charge in [-0.15, -0.1) is 0 Å². The summed E-state index contributed by atoms with van der Waals surface area (Å²) in [6, 6.07) is 36.1. The molecule has 7 nitrogen and oxygen atoms in total. The van der Waals surface area contributed by atoms with Gasteiger partial charge in [0.25, 0.3) is 0 Å². The number of rotatable bonds is 0. The highest BCUT2D eigenvalue weighted by Crippen LogP contribution is 2.29. The lowest BCUT2D eigenvalue weighted by Gasteiger charge is -2.26. The molecule has 6 aliphatic rings. The Balaban J connectivity index is 0.000000112. The normalized spacial score (nSPS) is 15.8. The fourth-order valence-corrected chi connectivity index (χ4v) is 8.76. The van der Waals surface area contributed by atoms with Crippen LogP contribution in [-0.2, 0) is 53.9 Å². The van der Waals surface area contributed by atoms with Gasteiger partial charge in [0, 0.05) is 146 Å². The number of aryl methyl sites for hydroxylation is 5. The third-order valence-corrected chi connectivity index (χ3v) is 12.5. The fraction of sp³-hybridized carbons (Fsp3) is 0.263. The van der Waals surface area contributed by atoms with Crippen molar-refractivity contribution in [2.45, 2.75) is 32.1 Å². The minimum Gasteiger partial charge on any atom is -0.374 e. The third kappa shape index (κ3) is 11.6. The Morgan fingerprint density at radius 3 is 1.84 bits per heavy atom. The molecule has 0 saturated carbocycles. The van der Waals surface area contributed by atoms with E-state index in [1.807, 2.05) is 36.1 Å². The van der Waals surface area contributed by atoms with Gasteiger partial charge in [0.2, 0.25) is 0 Å². The molecule has 0 N–H and O–H groups in total. The summed E-state index contributed by atoms with van der Waals surface area (Å²) >= 11 is 0. The van der Waals surface area contributed by atoms with Crippen molar-refractivity contribution in [3.05, 3.63) is 216 Å². The Hall–Kier alpha value is -6.86. The summed E-state index contributed by atoms with van der Waals surface area (Å²) in [7, 11) is 14.6. The highest BCUT2D eigenvalue weighted by molar-refractivity contribution is 5.79. The number of fused-ring (bicyclic) bond motifs is 6. The minimum atomic E-state index is 0.579. The maximum atomic E-state index is 2.33. The predicted molar refractivity (Wildman–Crippen MR) is 274 cm³/mol. The maximum Gasteiger partial charge on any atom is 0.0477 e. The molecular formula is C57H67N7. The maximum absolute atomic E-state index is 2.33. The van der Waals surface area contributed by atoms with Crippen molar-refractivity contribution >= 4 is 34.4 Å². The van der Waals surface area contributed by atoms with Gasteiger partial charge in [-0.25, -0.2) is 0 Å². The van der Waals surface area contributed by atoms with Crippen LogP contribution in [0.1, 0.15) is 40.1 Å². The molecule has 1 atom stereocenters. The van der Waals surface area contributed by atoms with Crippen molar-refractivity contribution in [1.82, 2.24) is 23.2 Å². The summed E-state index contributed by atoms with van der Waals surface area (Å²) in [6.45, 7) is 2.39. The van der Waals surface area contributed by atoms with Crippen LogP contribution in [0.4, 0.5) is 11.4 Å². The Labute approximate surface area is 382 Å². The molecule has 0 saturated heterocycles. The van der Waals surface area contributed by atoms with E-state index >= 15 is 0 Å². The zero-order valence-corrected chi connectivity index (χ0v) is 39.1. The standard InChI is InChI=1S/C10H13N.C9H11N.C9H9N.3C8H9N.C5H7N/c1-11-8-4-6-9-5-2-3-7-10(9)11;2*1-10-7-6-8-4-2-3-5-9(8)10;3*1-9-6-5-7-3-2-4-8(7)9;1-6-4-2-3-5-6/h2-3,5,7H,4,6,8H2,1H3;2-5H,6-7H2,1H3;2-7H,1H3;2,4-6H,3H2,1H3;2-3,5-6H,4H2,1H3;2-7H,1H3;2-5H,1H3. The van der Waals surface area contributed by atoms with E-state index in [0.717, 1.165) is 12.8 Å².